The number of anilines is 1. The lowest BCUT2D eigenvalue weighted by molar-refractivity contribution is -0.140. The molecule has 0 spiro atoms. The van der Waals surface area contributed by atoms with Crippen molar-refractivity contribution in [1.29, 1.82) is 0 Å². The van der Waals surface area contributed by atoms with Gasteiger partial charge in [0, 0.05) is 12.6 Å². The number of rotatable bonds is 13. The minimum atomic E-state index is -4.17. The maximum Gasteiger partial charge on any atom is 0.264 e. The molecule has 9 nitrogen and oxygen atoms in total. The first-order chi connectivity index (χ1) is 19.5. The van der Waals surface area contributed by atoms with Gasteiger partial charge < -0.3 is 19.7 Å². The normalized spacial score (nSPS) is 12.0. The van der Waals surface area contributed by atoms with Crippen LogP contribution in [-0.4, -0.2) is 58.0 Å². The molecule has 0 radical (unpaired) electrons. The highest BCUT2D eigenvalue weighted by atomic mass is 32.2. The lowest BCUT2D eigenvalue weighted by atomic mass is 10.1. The number of ether oxygens (including phenoxy) is 2. The van der Waals surface area contributed by atoms with Crippen LogP contribution in [0.3, 0.4) is 0 Å². The molecular weight excluding hydrogens is 542 g/mol. The summed E-state index contributed by atoms with van der Waals surface area (Å²) in [7, 11) is -1.12. The highest BCUT2D eigenvalue weighted by Crippen LogP contribution is 2.27. The lowest BCUT2D eigenvalue weighted by Crippen LogP contribution is -2.53. The molecule has 220 valence electrons. The summed E-state index contributed by atoms with van der Waals surface area (Å²) in [5, 5.41) is 2.89. The van der Waals surface area contributed by atoms with E-state index in [9.17, 15) is 18.0 Å². The largest absolute Gasteiger partial charge is 0.497 e. The van der Waals surface area contributed by atoms with E-state index in [4.69, 9.17) is 9.47 Å². The van der Waals surface area contributed by atoms with Gasteiger partial charge in [-0.15, -0.1) is 0 Å². The first-order valence-corrected chi connectivity index (χ1v) is 14.9. The van der Waals surface area contributed by atoms with E-state index >= 15 is 0 Å². The number of hydrogen-bond donors (Lipinski definition) is 1. The number of aryl methyl sites for hydroxylation is 1. The topological polar surface area (TPSA) is 105 Å². The molecule has 0 unspecified atom stereocenters. The number of methoxy groups -OCH3 is 2. The SMILES string of the molecule is CC[C@H](C(=O)NC(C)C)N(Cc1cccc(OC)c1)C(=O)CN(c1ccc(C)cc1)S(=O)(=O)c1ccc(OC)cc1. The highest BCUT2D eigenvalue weighted by Gasteiger charge is 2.34. The first-order valence-electron chi connectivity index (χ1n) is 13.5. The summed E-state index contributed by atoms with van der Waals surface area (Å²) in [5.41, 5.74) is 2.02. The molecule has 0 heterocycles. The maximum atomic E-state index is 14.1. The standard InChI is InChI=1S/C31H39N3O6S/c1-7-29(31(36)32-22(2)3)33(20-24-9-8-10-27(19-24)40-6)30(35)21-34(25-13-11-23(4)12-14-25)41(37,38)28-17-15-26(39-5)16-18-28/h8-19,22,29H,7,20-21H2,1-6H3,(H,32,36)/t29-/m1/s1. The van der Waals surface area contributed by atoms with Crippen LogP contribution >= 0.6 is 0 Å². The zero-order valence-corrected chi connectivity index (χ0v) is 25.3. The second-order valence-corrected chi connectivity index (χ2v) is 11.8. The molecule has 0 aliphatic rings. The number of carbonyl (C=O) groups is 2. The highest BCUT2D eigenvalue weighted by molar-refractivity contribution is 7.92. The Balaban J connectivity index is 2.06. The van der Waals surface area contributed by atoms with Gasteiger partial charge in [0.1, 0.15) is 24.1 Å². The Morgan fingerprint density at radius 1 is 0.902 bits per heavy atom. The number of amides is 2. The van der Waals surface area contributed by atoms with Crippen LogP contribution in [0.4, 0.5) is 5.69 Å². The Kier molecular flexibility index (Phi) is 10.8. The van der Waals surface area contributed by atoms with Gasteiger partial charge in [-0.05, 0) is 81.3 Å². The van der Waals surface area contributed by atoms with E-state index in [2.05, 4.69) is 5.32 Å². The van der Waals surface area contributed by atoms with Gasteiger partial charge in [-0.25, -0.2) is 8.42 Å². The summed E-state index contributed by atoms with van der Waals surface area (Å²) in [6.45, 7) is 6.99. The van der Waals surface area contributed by atoms with Crippen molar-refractivity contribution >= 4 is 27.5 Å². The van der Waals surface area contributed by atoms with Crippen molar-refractivity contribution < 1.29 is 27.5 Å². The van der Waals surface area contributed by atoms with Crippen LogP contribution in [0.2, 0.25) is 0 Å². The molecule has 0 aromatic heterocycles. The van der Waals surface area contributed by atoms with Crippen LogP contribution in [0.5, 0.6) is 11.5 Å². The van der Waals surface area contributed by atoms with Crippen molar-refractivity contribution in [3.8, 4) is 11.5 Å². The van der Waals surface area contributed by atoms with Gasteiger partial charge in [0.05, 0.1) is 24.8 Å². The van der Waals surface area contributed by atoms with Crippen molar-refractivity contribution in [3.63, 3.8) is 0 Å². The zero-order chi connectivity index (χ0) is 30.2. The Labute approximate surface area is 243 Å². The molecule has 2 amide bonds. The van der Waals surface area contributed by atoms with Gasteiger partial charge in [0.15, 0.2) is 0 Å². The van der Waals surface area contributed by atoms with Crippen LogP contribution in [-0.2, 0) is 26.2 Å². The third kappa shape index (κ3) is 8.00. The molecule has 0 aliphatic heterocycles. The van der Waals surface area contributed by atoms with Crippen molar-refractivity contribution in [1.82, 2.24) is 10.2 Å². The van der Waals surface area contributed by atoms with E-state index in [-0.39, 0.29) is 23.4 Å². The second-order valence-electron chi connectivity index (χ2n) is 9.98. The molecule has 3 rings (SSSR count). The number of carbonyl (C=O) groups excluding carboxylic acids is 2. The molecule has 0 saturated heterocycles. The monoisotopic (exact) mass is 581 g/mol. The van der Waals surface area contributed by atoms with Gasteiger partial charge in [-0.2, -0.15) is 0 Å². The van der Waals surface area contributed by atoms with E-state index in [1.807, 2.05) is 33.8 Å². The summed E-state index contributed by atoms with van der Waals surface area (Å²) in [5.74, 6) is 0.293. The van der Waals surface area contributed by atoms with Gasteiger partial charge in [0.25, 0.3) is 10.0 Å². The number of hydrogen-bond acceptors (Lipinski definition) is 6. The second kappa shape index (κ2) is 14.0. The van der Waals surface area contributed by atoms with Crippen LogP contribution in [0, 0.1) is 6.92 Å². The third-order valence-electron chi connectivity index (χ3n) is 6.55. The van der Waals surface area contributed by atoms with E-state index in [1.165, 1.54) is 24.1 Å². The zero-order valence-electron chi connectivity index (χ0n) is 24.5. The van der Waals surface area contributed by atoms with Crippen molar-refractivity contribution in [2.45, 2.75) is 57.6 Å². The van der Waals surface area contributed by atoms with Crippen LogP contribution in [0.15, 0.2) is 77.7 Å². The Morgan fingerprint density at radius 2 is 1.54 bits per heavy atom. The van der Waals surface area contributed by atoms with E-state index in [0.717, 1.165) is 15.4 Å². The molecule has 1 N–H and O–H groups in total. The van der Waals surface area contributed by atoms with Gasteiger partial charge in [-0.1, -0.05) is 36.8 Å². The molecule has 0 bridgehead atoms. The fourth-order valence-electron chi connectivity index (χ4n) is 4.38. The van der Waals surface area contributed by atoms with Gasteiger partial charge in [-0.3, -0.25) is 13.9 Å². The van der Waals surface area contributed by atoms with E-state index < -0.39 is 28.5 Å². The average molecular weight is 582 g/mol. The predicted octanol–water partition coefficient (Wildman–Crippen LogP) is 4.54. The minimum absolute atomic E-state index is 0.00983. The van der Waals surface area contributed by atoms with Crippen LogP contribution in [0.25, 0.3) is 0 Å². The number of nitrogens with zero attached hydrogens (tertiary/aromatic N) is 2. The van der Waals surface area contributed by atoms with Crippen molar-refractivity contribution in [2.24, 2.45) is 0 Å². The molecule has 10 heteroatoms. The molecule has 41 heavy (non-hydrogen) atoms. The van der Waals surface area contributed by atoms with E-state index in [1.54, 1.807) is 61.7 Å². The smallest absolute Gasteiger partial charge is 0.264 e. The van der Waals surface area contributed by atoms with Crippen molar-refractivity contribution in [2.75, 3.05) is 25.1 Å². The number of benzene rings is 3. The quantitative estimate of drug-likeness (QED) is 0.318. The Bertz CT molecular complexity index is 1420. The number of nitrogens with one attached hydrogen (secondary N) is 1. The summed E-state index contributed by atoms with van der Waals surface area (Å²) >= 11 is 0. The van der Waals surface area contributed by atoms with Crippen molar-refractivity contribution in [3.05, 3.63) is 83.9 Å². The molecule has 0 saturated carbocycles. The van der Waals surface area contributed by atoms with Gasteiger partial charge >= 0.3 is 0 Å². The van der Waals surface area contributed by atoms with Crippen LogP contribution in [0.1, 0.15) is 38.3 Å². The fraction of sp³-hybridized carbons (Fsp3) is 0.355. The lowest BCUT2D eigenvalue weighted by Gasteiger charge is -2.33. The molecule has 1 atom stereocenters. The first kappa shape index (κ1) is 31.5. The molecule has 0 fully saturated rings. The number of sulfonamides is 1. The molecular formula is C31H39N3O6S. The summed E-state index contributed by atoms with van der Waals surface area (Å²) in [4.78, 5) is 28.8. The Morgan fingerprint density at radius 3 is 2.10 bits per heavy atom. The summed E-state index contributed by atoms with van der Waals surface area (Å²) in [6.07, 6.45) is 0.337. The fourth-order valence-corrected chi connectivity index (χ4v) is 5.80. The Hall–Kier alpha value is -4.05. The van der Waals surface area contributed by atoms with Crippen LogP contribution < -0.4 is 19.1 Å². The molecule has 3 aromatic rings. The molecule has 0 aliphatic carbocycles. The van der Waals surface area contributed by atoms with Gasteiger partial charge in [0.2, 0.25) is 11.8 Å². The summed E-state index contributed by atoms with van der Waals surface area (Å²) in [6, 6.07) is 19.2. The molecule has 3 aromatic carbocycles. The summed E-state index contributed by atoms with van der Waals surface area (Å²) < 4.78 is 39.5. The maximum absolute atomic E-state index is 14.1. The average Bonchev–Trinajstić information content (AvgIpc) is 2.96. The van der Waals surface area contributed by atoms with E-state index in [0.29, 0.717) is 23.6 Å². The third-order valence-corrected chi connectivity index (χ3v) is 8.34. The minimum Gasteiger partial charge on any atom is -0.497 e. The predicted molar refractivity (Wildman–Crippen MR) is 160 cm³/mol.